The number of aromatic nitrogens is 3. The van der Waals surface area contributed by atoms with Gasteiger partial charge in [0, 0.05) is 11.1 Å². The Morgan fingerprint density at radius 2 is 2.03 bits per heavy atom. The number of thiazole rings is 1. The van der Waals surface area contributed by atoms with Crippen LogP contribution in [0.4, 0.5) is 0 Å². The number of hydrogen-bond acceptors (Lipinski definition) is 7. The Morgan fingerprint density at radius 3 is 2.84 bits per heavy atom. The molecule has 1 aliphatic rings. The fourth-order valence-electron chi connectivity index (χ4n) is 3.16. The predicted molar refractivity (Wildman–Crippen MR) is 124 cm³/mol. The summed E-state index contributed by atoms with van der Waals surface area (Å²) in [5, 5.41) is 9.42. The summed E-state index contributed by atoms with van der Waals surface area (Å²) in [4.78, 5) is 19.3. The fraction of sp³-hybridized carbons (Fsp3) is 0.238. The van der Waals surface area contributed by atoms with Crippen molar-refractivity contribution in [1.29, 1.82) is 0 Å². The van der Waals surface area contributed by atoms with Crippen molar-refractivity contribution in [3.05, 3.63) is 58.4 Å². The lowest BCUT2D eigenvalue weighted by molar-refractivity contribution is -0.129. The largest absolute Gasteiger partial charge is 0.419 e. The van der Waals surface area contributed by atoms with Gasteiger partial charge in [-0.1, -0.05) is 47.1 Å². The summed E-state index contributed by atoms with van der Waals surface area (Å²) >= 11 is 15.2. The number of nitrogens with zero attached hydrogens (tertiary/aromatic N) is 4. The van der Waals surface area contributed by atoms with E-state index >= 15 is 0 Å². The number of rotatable bonds is 7. The number of halogens is 2. The van der Waals surface area contributed by atoms with Crippen molar-refractivity contribution in [1.82, 2.24) is 20.1 Å². The second kappa shape index (κ2) is 8.78. The normalized spacial score (nSPS) is 13.6. The van der Waals surface area contributed by atoms with Gasteiger partial charge in [0.1, 0.15) is 0 Å². The number of carbonyl (C=O) groups is 1. The van der Waals surface area contributed by atoms with Gasteiger partial charge in [0.15, 0.2) is 4.34 Å². The summed E-state index contributed by atoms with van der Waals surface area (Å²) in [6.07, 6.45) is 1.98. The second-order valence-corrected chi connectivity index (χ2v) is 10.2. The molecule has 0 radical (unpaired) electrons. The first-order chi connectivity index (χ1) is 15.1. The zero-order chi connectivity index (χ0) is 21.4. The van der Waals surface area contributed by atoms with Crippen molar-refractivity contribution in [3.63, 3.8) is 0 Å². The third-order valence-corrected chi connectivity index (χ3v) is 7.56. The molecule has 0 saturated heterocycles. The van der Waals surface area contributed by atoms with Crippen LogP contribution in [-0.4, -0.2) is 37.8 Å². The van der Waals surface area contributed by atoms with Crippen LogP contribution in [0.1, 0.15) is 18.7 Å². The Kier molecular flexibility index (Phi) is 5.88. The molecule has 0 spiro atoms. The summed E-state index contributed by atoms with van der Waals surface area (Å²) in [5.74, 6) is 1.08. The highest BCUT2D eigenvalue weighted by atomic mass is 35.5. The van der Waals surface area contributed by atoms with E-state index in [1.165, 1.54) is 11.8 Å². The molecule has 1 aliphatic carbocycles. The molecule has 31 heavy (non-hydrogen) atoms. The van der Waals surface area contributed by atoms with Crippen molar-refractivity contribution in [2.24, 2.45) is 0 Å². The highest BCUT2D eigenvalue weighted by molar-refractivity contribution is 8.01. The molecule has 5 rings (SSSR count). The van der Waals surface area contributed by atoms with E-state index in [-0.39, 0.29) is 18.5 Å². The molecule has 0 atom stereocenters. The average molecular weight is 491 g/mol. The monoisotopic (exact) mass is 490 g/mol. The standard InChI is InChI=1S/C21H16Cl2N4O2S2/c22-12-5-8-17-16(9-12)24-21(31-17)30-11-19(28)27(13-6-7-13)10-18-25-26-20(29-18)14-3-1-2-4-15(14)23/h1-5,8-9,13H,6-7,10-11H2. The molecule has 6 nitrogen and oxygen atoms in total. The number of hydrogen-bond donors (Lipinski definition) is 0. The first-order valence-electron chi connectivity index (χ1n) is 9.62. The molecule has 0 unspecified atom stereocenters. The summed E-state index contributed by atoms with van der Waals surface area (Å²) in [7, 11) is 0. The van der Waals surface area contributed by atoms with Gasteiger partial charge in [-0.25, -0.2) is 4.98 Å². The molecule has 1 amide bonds. The third-order valence-electron chi connectivity index (χ3n) is 4.83. The Balaban J connectivity index is 1.26. The first-order valence-corrected chi connectivity index (χ1v) is 12.2. The second-order valence-electron chi connectivity index (χ2n) is 7.11. The van der Waals surface area contributed by atoms with Gasteiger partial charge in [0.05, 0.1) is 33.1 Å². The molecule has 158 valence electrons. The van der Waals surface area contributed by atoms with Crippen LogP contribution in [0.3, 0.4) is 0 Å². The third kappa shape index (κ3) is 4.72. The van der Waals surface area contributed by atoms with Gasteiger partial charge >= 0.3 is 0 Å². The first kappa shape index (κ1) is 20.8. The van der Waals surface area contributed by atoms with Crippen LogP contribution in [0.15, 0.2) is 51.2 Å². The zero-order valence-electron chi connectivity index (χ0n) is 16.1. The van der Waals surface area contributed by atoms with Crippen LogP contribution in [0, 0.1) is 0 Å². The van der Waals surface area contributed by atoms with E-state index in [0.29, 0.717) is 33.1 Å². The zero-order valence-corrected chi connectivity index (χ0v) is 19.3. The Labute approximate surface area is 196 Å². The minimum absolute atomic E-state index is 0.0299. The molecule has 1 fully saturated rings. The fourth-order valence-corrected chi connectivity index (χ4v) is 5.48. The lowest BCUT2D eigenvalue weighted by atomic mass is 10.2. The quantitative estimate of drug-likeness (QED) is 0.298. The smallest absolute Gasteiger partial charge is 0.249 e. The molecule has 2 aromatic carbocycles. The molecule has 2 heterocycles. The molecular weight excluding hydrogens is 475 g/mol. The number of benzene rings is 2. The SMILES string of the molecule is O=C(CSc1nc2cc(Cl)ccc2s1)N(Cc1nnc(-c2ccccc2Cl)o1)C1CC1. The number of carbonyl (C=O) groups excluding carboxylic acids is 1. The number of fused-ring (bicyclic) bond motifs is 1. The highest BCUT2D eigenvalue weighted by Crippen LogP contribution is 2.33. The molecule has 0 aliphatic heterocycles. The van der Waals surface area contributed by atoms with E-state index in [1.807, 2.05) is 41.3 Å². The summed E-state index contributed by atoms with van der Waals surface area (Å²) in [5.41, 5.74) is 1.53. The lowest BCUT2D eigenvalue weighted by Crippen LogP contribution is -2.34. The van der Waals surface area contributed by atoms with E-state index in [4.69, 9.17) is 27.6 Å². The van der Waals surface area contributed by atoms with Crippen molar-refractivity contribution in [3.8, 4) is 11.5 Å². The maximum atomic E-state index is 13.0. The van der Waals surface area contributed by atoms with Gasteiger partial charge < -0.3 is 9.32 Å². The maximum absolute atomic E-state index is 13.0. The van der Waals surface area contributed by atoms with Gasteiger partial charge in [-0.2, -0.15) is 0 Å². The van der Waals surface area contributed by atoms with Gasteiger partial charge in [-0.05, 0) is 43.2 Å². The van der Waals surface area contributed by atoms with Gasteiger partial charge in [0.2, 0.25) is 17.7 Å². The summed E-state index contributed by atoms with van der Waals surface area (Å²) in [6, 6.07) is 13.1. The number of amides is 1. The van der Waals surface area contributed by atoms with Crippen LogP contribution in [0.5, 0.6) is 0 Å². The van der Waals surface area contributed by atoms with Crippen LogP contribution < -0.4 is 0 Å². The summed E-state index contributed by atoms with van der Waals surface area (Å²) < 4.78 is 7.69. The maximum Gasteiger partial charge on any atom is 0.249 e. The molecule has 2 aromatic heterocycles. The van der Waals surface area contributed by atoms with Crippen molar-refractivity contribution in [2.75, 3.05) is 5.75 Å². The molecule has 1 saturated carbocycles. The lowest BCUT2D eigenvalue weighted by Gasteiger charge is -2.20. The van der Waals surface area contributed by atoms with Crippen LogP contribution in [0.25, 0.3) is 21.7 Å². The van der Waals surface area contributed by atoms with E-state index in [0.717, 1.165) is 27.4 Å². The minimum Gasteiger partial charge on any atom is -0.419 e. The Morgan fingerprint density at radius 1 is 1.19 bits per heavy atom. The average Bonchev–Trinajstić information content (AvgIpc) is 3.35. The summed E-state index contributed by atoms with van der Waals surface area (Å²) in [6.45, 7) is 0.289. The predicted octanol–water partition coefficient (Wildman–Crippen LogP) is 5.94. The van der Waals surface area contributed by atoms with E-state index in [2.05, 4.69) is 15.2 Å². The van der Waals surface area contributed by atoms with E-state index < -0.39 is 0 Å². The van der Waals surface area contributed by atoms with Crippen LogP contribution >= 0.6 is 46.3 Å². The Bertz CT molecular complexity index is 1260. The molecule has 0 bridgehead atoms. The van der Waals surface area contributed by atoms with Crippen LogP contribution in [0.2, 0.25) is 10.0 Å². The van der Waals surface area contributed by atoms with E-state index in [1.54, 1.807) is 17.4 Å². The molecule has 0 N–H and O–H groups in total. The minimum atomic E-state index is 0.0299. The van der Waals surface area contributed by atoms with Gasteiger partial charge in [-0.3, -0.25) is 4.79 Å². The highest BCUT2D eigenvalue weighted by Gasteiger charge is 2.33. The molecule has 4 aromatic rings. The van der Waals surface area contributed by atoms with Crippen molar-refractivity contribution in [2.45, 2.75) is 29.8 Å². The van der Waals surface area contributed by atoms with Crippen molar-refractivity contribution < 1.29 is 9.21 Å². The van der Waals surface area contributed by atoms with Crippen LogP contribution in [-0.2, 0) is 11.3 Å². The Hall–Kier alpha value is -2.13. The molecule has 10 heteroatoms. The topological polar surface area (TPSA) is 72.1 Å². The van der Waals surface area contributed by atoms with Crippen molar-refractivity contribution >= 4 is 62.4 Å². The number of thioether (sulfide) groups is 1. The van der Waals surface area contributed by atoms with Gasteiger partial charge in [0.25, 0.3) is 0 Å². The van der Waals surface area contributed by atoms with Gasteiger partial charge in [-0.15, -0.1) is 21.5 Å². The van der Waals surface area contributed by atoms with E-state index in [9.17, 15) is 4.79 Å². The molecular formula is C21H16Cl2N4O2S2.